The Bertz CT molecular complexity index is 936. The van der Waals surface area contributed by atoms with E-state index in [1.165, 1.54) is 19.1 Å². The molecular formula is C21H20N2O6. The zero-order valence-electron chi connectivity index (χ0n) is 16.0. The molecule has 0 aromatic heterocycles. The topological polar surface area (TPSA) is 102 Å². The molecule has 29 heavy (non-hydrogen) atoms. The van der Waals surface area contributed by atoms with Crippen molar-refractivity contribution in [1.82, 2.24) is 4.90 Å². The van der Waals surface area contributed by atoms with Crippen LogP contribution in [0.5, 0.6) is 5.75 Å². The first kappa shape index (κ1) is 20.1. The highest BCUT2D eigenvalue weighted by Crippen LogP contribution is 2.24. The van der Waals surface area contributed by atoms with E-state index < -0.39 is 36.3 Å². The molecule has 0 saturated heterocycles. The molecule has 1 heterocycles. The number of hydrogen-bond acceptors (Lipinski definition) is 6. The van der Waals surface area contributed by atoms with Gasteiger partial charge in [-0.3, -0.25) is 24.1 Å². The lowest BCUT2D eigenvalue weighted by Gasteiger charge is -2.17. The fourth-order valence-corrected chi connectivity index (χ4v) is 2.89. The number of rotatable bonds is 7. The van der Waals surface area contributed by atoms with Gasteiger partial charge in [0.1, 0.15) is 12.3 Å². The van der Waals surface area contributed by atoms with Crippen molar-refractivity contribution in [2.24, 2.45) is 0 Å². The van der Waals surface area contributed by atoms with Gasteiger partial charge >= 0.3 is 5.97 Å². The Hall–Kier alpha value is -3.68. The summed E-state index contributed by atoms with van der Waals surface area (Å²) in [7, 11) is 0. The minimum Gasteiger partial charge on any atom is -0.492 e. The zero-order chi connectivity index (χ0) is 21.0. The lowest BCUT2D eigenvalue weighted by molar-refractivity contribution is -0.153. The minimum absolute atomic E-state index is 0.239. The molecule has 3 rings (SSSR count). The number of anilines is 1. The van der Waals surface area contributed by atoms with Crippen LogP contribution in [0.15, 0.2) is 48.5 Å². The molecule has 0 unspecified atom stereocenters. The molecule has 1 N–H and O–H groups in total. The van der Waals surface area contributed by atoms with Crippen LogP contribution in [0.25, 0.3) is 0 Å². The lowest BCUT2D eigenvalue weighted by Crippen LogP contribution is -2.38. The predicted molar refractivity (Wildman–Crippen MR) is 104 cm³/mol. The fourth-order valence-electron chi connectivity index (χ4n) is 2.89. The SMILES string of the molecule is CCOc1ccccc1NC(=O)[C@@H](C)OC(=O)CN1C(=O)c2ccccc2C1=O. The van der Waals surface area contributed by atoms with Gasteiger partial charge in [0, 0.05) is 0 Å². The second-order valence-electron chi connectivity index (χ2n) is 6.29. The molecule has 0 aliphatic carbocycles. The van der Waals surface area contributed by atoms with Gasteiger partial charge in [-0.15, -0.1) is 0 Å². The van der Waals surface area contributed by atoms with Crippen LogP contribution in [0, 0.1) is 0 Å². The summed E-state index contributed by atoms with van der Waals surface area (Å²) >= 11 is 0. The molecule has 1 aliphatic rings. The Labute approximate surface area is 167 Å². The van der Waals surface area contributed by atoms with Crippen LogP contribution in [0.2, 0.25) is 0 Å². The molecule has 2 aromatic carbocycles. The van der Waals surface area contributed by atoms with Gasteiger partial charge in [0.2, 0.25) is 0 Å². The van der Waals surface area contributed by atoms with E-state index in [9.17, 15) is 19.2 Å². The third-order valence-corrected chi connectivity index (χ3v) is 4.29. The minimum atomic E-state index is -1.13. The van der Waals surface area contributed by atoms with E-state index in [-0.39, 0.29) is 11.1 Å². The molecule has 8 heteroatoms. The number of benzene rings is 2. The highest BCUT2D eigenvalue weighted by Gasteiger charge is 2.37. The van der Waals surface area contributed by atoms with E-state index in [0.29, 0.717) is 18.0 Å². The highest BCUT2D eigenvalue weighted by atomic mass is 16.5. The number of imide groups is 1. The van der Waals surface area contributed by atoms with E-state index in [2.05, 4.69) is 5.32 Å². The number of fused-ring (bicyclic) bond motifs is 1. The normalized spacial score (nSPS) is 13.7. The zero-order valence-corrected chi connectivity index (χ0v) is 16.0. The molecule has 3 amide bonds. The van der Waals surface area contributed by atoms with Crippen molar-refractivity contribution in [3.8, 4) is 5.75 Å². The number of nitrogens with zero attached hydrogens (tertiary/aromatic N) is 1. The monoisotopic (exact) mass is 396 g/mol. The van der Waals surface area contributed by atoms with Crippen LogP contribution in [0.3, 0.4) is 0 Å². The van der Waals surface area contributed by atoms with Gasteiger partial charge in [-0.25, -0.2) is 0 Å². The van der Waals surface area contributed by atoms with Gasteiger partial charge < -0.3 is 14.8 Å². The number of ether oxygens (including phenoxy) is 2. The number of nitrogens with one attached hydrogen (secondary N) is 1. The fraction of sp³-hybridized carbons (Fsp3) is 0.238. The van der Waals surface area contributed by atoms with Gasteiger partial charge in [-0.1, -0.05) is 24.3 Å². The van der Waals surface area contributed by atoms with Crippen molar-refractivity contribution in [2.45, 2.75) is 20.0 Å². The molecule has 1 atom stereocenters. The second-order valence-corrected chi connectivity index (χ2v) is 6.29. The summed E-state index contributed by atoms with van der Waals surface area (Å²) in [6, 6.07) is 13.2. The van der Waals surface area contributed by atoms with E-state index in [0.717, 1.165) is 4.90 Å². The predicted octanol–water partition coefficient (Wildman–Crippen LogP) is 2.25. The van der Waals surface area contributed by atoms with Crippen LogP contribution in [-0.2, 0) is 14.3 Å². The summed E-state index contributed by atoms with van der Waals surface area (Å²) in [6.07, 6.45) is -1.13. The first-order chi connectivity index (χ1) is 13.9. The van der Waals surface area contributed by atoms with Crippen LogP contribution < -0.4 is 10.1 Å². The van der Waals surface area contributed by atoms with Gasteiger partial charge in [0.25, 0.3) is 17.7 Å². The summed E-state index contributed by atoms with van der Waals surface area (Å²) in [4.78, 5) is 50.0. The Morgan fingerprint density at radius 3 is 2.21 bits per heavy atom. The number of carbonyl (C=O) groups is 4. The standard InChI is InChI=1S/C21H20N2O6/c1-3-28-17-11-7-6-10-16(17)22-19(25)13(2)29-18(24)12-23-20(26)14-8-4-5-9-15(14)21(23)27/h4-11,13H,3,12H2,1-2H3,(H,22,25)/t13-/m1/s1. The van der Waals surface area contributed by atoms with E-state index >= 15 is 0 Å². The summed E-state index contributed by atoms with van der Waals surface area (Å²) in [5, 5.41) is 2.64. The average molecular weight is 396 g/mol. The summed E-state index contributed by atoms with van der Waals surface area (Å²) in [5.74, 6) is -2.06. The van der Waals surface area contributed by atoms with Crippen LogP contribution in [0.4, 0.5) is 5.69 Å². The second kappa shape index (κ2) is 8.55. The smallest absolute Gasteiger partial charge is 0.326 e. The van der Waals surface area contributed by atoms with Crippen molar-refractivity contribution >= 4 is 29.4 Å². The van der Waals surface area contributed by atoms with E-state index in [1.807, 2.05) is 6.92 Å². The van der Waals surface area contributed by atoms with Gasteiger partial charge in [-0.2, -0.15) is 0 Å². The van der Waals surface area contributed by atoms with Crippen molar-refractivity contribution in [3.63, 3.8) is 0 Å². The molecule has 1 aliphatic heterocycles. The summed E-state index contributed by atoms with van der Waals surface area (Å²) < 4.78 is 10.5. The van der Waals surface area contributed by atoms with Gasteiger partial charge in [-0.05, 0) is 38.1 Å². The number of para-hydroxylation sites is 2. The number of hydrogen-bond donors (Lipinski definition) is 1. The van der Waals surface area contributed by atoms with Gasteiger partial charge in [0.15, 0.2) is 6.10 Å². The van der Waals surface area contributed by atoms with Crippen molar-refractivity contribution in [1.29, 1.82) is 0 Å². The van der Waals surface area contributed by atoms with Crippen LogP contribution >= 0.6 is 0 Å². The van der Waals surface area contributed by atoms with Crippen molar-refractivity contribution in [2.75, 3.05) is 18.5 Å². The Morgan fingerprint density at radius 1 is 1.00 bits per heavy atom. The molecule has 150 valence electrons. The first-order valence-corrected chi connectivity index (χ1v) is 9.09. The third kappa shape index (κ3) is 4.26. The maximum absolute atomic E-state index is 12.4. The number of amides is 3. The number of esters is 1. The first-order valence-electron chi connectivity index (χ1n) is 9.09. The van der Waals surface area contributed by atoms with E-state index in [1.54, 1.807) is 36.4 Å². The molecule has 0 fully saturated rings. The number of carbonyl (C=O) groups excluding carboxylic acids is 4. The highest BCUT2D eigenvalue weighted by molar-refractivity contribution is 6.22. The molecular weight excluding hydrogens is 376 g/mol. The summed E-state index contributed by atoms with van der Waals surface area (Å²) in [5.41, 5.74) is 0.926. The Balaban J connectivity index is 1.59. The largest absolute Gasteiger partial charge is 0.492 e. The summed E-state index contributed by atoms with van der Waals surface area (Å²) in [6.45, 7) is 3.08. The van der Waals surface area contributed by atoms with E-state index in [4.69, 9.17) is 9.47 Å². The maximum Gasteiger partial charge on any atom is 0.326 e. The molecule has 0 saturated carbocycles. The Kier molecular flexibility index (Phi) is 5.92. The Morgan fingerprint density at radius 2 is 1.59 bits per heavy atom. The molecule has 0 radical (unpaired) electrons. The maximum atomic E-state index is 12.4. The molecule has 0 spiro atoms. The van der Waals surface area contributed by atoms with Crippen LogP contribution in [-0.4, -0.2) is 47.8 Å². The van der Waals surface area contributed by atoms with Crippen molar-refractivity contribution < 1.29 is 28.7 Å². The van der Waals surface area contributed by atoms with Gasteiger partial charge in [0.05, 0.1) is 23.4 Å². The third-order valence-electron chi connectivity index (χ3n) is 4.29. The molecule has 2 aromatic rings. The van der Waals surface area contributed by atoms with Crippen LogP contribution in [0.1, 0.15) is 34.6 Å². The lowest BCUT2D eigenvalue weighted by atomic mass is 10.1. The quantitative estimate of drug-likeness (QED) is 0.569. The molecule has 8 nitrogen and oxygen atoms in total. The van der Waals surface area contributed by atoms with Crippen molar-refractivity contribution in [3.05, 3.63) is 59.7 Å². The average Bonchev–Trinajstić information content (AvgIpc) is 2.94. The molecule has 0 bridgehead atoms.